The molecule has 2 rings (SSSR count). The molecule has 0 unspecified atom stereocenters. The van der Waals surface area contributed by atoms with Gasteiger partial charge in [0.2, 0.25) is 0 Å². The molecular formula is C13H22N4O2. The van der Waals surface area contributed by atoms with E-state index in [1.54, 1.807) is 13.2 Å². The number of nitrogens with one attached hydrogen (secondary N) is 1. The topological polar surface area (TPSA) is 59.3 Å². The summed E-state index contributed by atoms with van der Waals surface area (Å²) in [5.41, 5.74) is 0.251. The molecule has 1 fully saturated rings. The molecule has 2 heterocycles. The summed E-state index contributed by atoms with van der Waals surface area (Å²) in [6.45, 7) is 7.61. The van der Waals surface area contributed by atoms with Crippen LogP contribution in [0.5, 0.6) is 0 Å². The molecule has 0 saturated carbocycles. The van der Waals surface area contributed by atoms with Crippen molar-refractivity contribution in [1.29, 1.82) is 0 Å². The molecule has 6 heteroatoms. The van der Waals surface area contributed by atoms with Gasteiger partial charge in [-0.15, -0.1) is 0 Å². The predicted molar refractivity (Wildman–Crippen MR) is 74.3 cm³/mol. The Morgan fingerprint density at radius 1 is 1.32 bits per heavy atom. The first-order valence-corrected chi connectivity index (χ1v) is 6.53. The fourth-order valence-electron chi connectivity index (χ4n) is 2.61. The Morgan fingerprint density at radius 3 is 2.63 bits per heavy atom. The highest BCUT2D eigenvalue weighted by Crippen LogP contribution is 2.11. The molecule has 1 N–H and O–H groups in total. The quantitative estimate of drug-likeness (QED) is 0.766. The van der Waals surface area contributed by atoms with Crippen molar-refractivity contribution in [2.75, 3.05) is 19.6 Å². The van der Waals surface area contributed by atoms with Gasteiger partial charge in [-0.05, 0) is 13.8 Å². The van der Waals surface area contributed by atoms with Crippen LogP contribution in [0.15, 0.2) is 15.8 Å². The van der Waals surface area contributed by atoms with E-state index in [4.69, 9.17) is 0 Å². The molecule has 0 atom stereocenters. The van der Waals surface area contributed by atoms with Crippen LogP contribution in [0.2, 0.25) is 0 Å². The van der Waals surface area contributed by atoms with Gasteiger partial charge in [-0.2, -0.15) is 0 Å². The maximum atomic E-state index is 12.1. The minimum absolute atomic E-state index is 0.0597. The van der Waals surface area contributed by atoms with Crippen molar-refractivity contribution in [2.24, 2.45) is 14.1 Å². The monoisotopic (exact) mass is 266 g/mol. The van der Waals surface area contributed by atoms with Gasteiger partial charge in [0.25, 0.3) is 5.56 Å². The third-order valence-electron chi connectivity index (χ3n) is 3.56. The van der Waals surface area contributed by atoms with Crippen LogP contribution < -0.4 is 16.6 Å². The molecule has 19 heavy (non-hydrogen) atoms. The molecule has 0 aromatic carbocycles. The maximum absolute atomic E-state index is 12.1. The molecule has 1 aliphatic heterocycles. The van der Waals surface area contributed by atoms with Gasteiger partial charge in [-0.3, -0.25) is 14.3 Å². The van der Waals surface area contributed by atoms with Crippen molar-refractivity contribution in [1.82, 2.24) is 19.4 Å². The van der Waals surface area contributed by atoms with E-state index in [0.717, 1.165) is 19.6 Å². The van der Waals surface area contributed by atoms with Crippen molar-refractivity contribution < 1.29 is 0 Å². The minimum atomic E-state index is -0.283. The normalized spacial score (nSPS) is 19.6. The number of hydrogen-bond acceptors (Lipinski definition) is 4. The molecule has 1 saturated heterocycles. The average Bonchev–Trinajstić information content (AvgIpc) is 2.32. The zero-order chi connectivity index (χ0) is 14.2. The van der Waals surface area contributed by atoms with Gasteiger partial charge in [-0.1, -0.05) is 0 Å². The zero-order valence-corrected chi connectivity index (χ0v) is 12.1. The summed E-state index contributed by atoms with van der Waals surface area (Å²) in [6.07, 6.45) is 1.65. The molecule has 6 nitrogen and oxygen atoms in total. The van der Waals surface area contributed by atoms with Crippen molar-refractivity contribution in [3.8, 4) is 0 Å². The SMILES string of the molecule is Cn1cc(CN2CCNC(C)(C)C2)c(=O)n(C)c1=O. The van der Waals surface area contributed by atoms with Gasteiger partial charge in [0, 0.05) is 57.6 Å². The molecule has 1 aromatic rings. The Labute approximate surface area is 112 Å². The Kier molecular flexibility index (Phi) is 3.64. The predicted octanol–water partition coefficient (Wildman–Crippen LogP) is -0.732. The molecule has 0 amide bonds. The second-order valence-electron chi connectivity index (χ2n) is 5.93. The van der Waals surface area contributed by atoms with Crippen LogP contribution in [0.3, 0.4) is 0 Å². The van der Waals surface area contributed by atoms with E-state index >= 15 is 0 Å². The number of aromatic nitrogens is 2. The van der Waals surface area contributed by atoms with E-state index in [1.165, 1.54) is 16.2 Å². The number of aryl methyl sites for hydroxylation is 1. The number of piperazine rings is 1. The number of hydrogen-bond donors (Lipinski definition) is 1. The van der Waals surface area contributed by atoms with Crippen LogP contribution in [-0.2, 0) is 20.6 Å². The van der Waals surface area contributed by atoms with E-state index < -0.39 is 0 Å². The van der Waals surface area contributed by atoms with Gasteiger partial charge in [0.15, 0.2) is 0 Å². The van der Waals surface area contributed by atoms with Gasteiger partial charge in [0.1, 0.15) is 0 Å². The Morgan fingerprint density at radius 2 is 2.00 bits per heavy atom. The van der Waals surface area contributed by atoms with Gasteiger partial charge < -0.3 is 9.88 Å². The van der Waals surface area contributed by atoms with Crippen LogP contribution in [0.4, 0.5) is 0 Å². The third-order valence-corrected chi connectivity index (χ3v) is 3.56. The largest absolute Gasteiger partial charge is 0.330 e. The van der Waals surface area contributed by atoms with Crippen LogP contribution in [0, 0.1) is 0 Å². The molecule has 0 bridgehead atoms. The zero-order valence-electron chi connectivity index (χ0n) is 12.1. The van der Waals surface area contributed by atoms with E-state index in [-0.39, 0.29) is 16.8 Å². The standard InChI is InChI=1S/C13H22N4O2/c1-13(2)9-17(6-5-14-13)8-10-7-15(3)12(19)16(4)11(10)18/h7,14H,5-6,8-9H2,1-4H3. The maximum Gasteiger partial charge on any atom is 0.330 e. The van der Waals surface area contributed by atoms with E-state index in [0.29, 0.717) is 12.1 Å². The van der Waals surface area contributed by atoms with Crippen LogP contribution in [-0.4, -0.2) is 39.2 Å². The Balaban J connectivity index is 2.25. The van der Waals surface area contributed by atoms with Crippen molar-refractivity contribution in [2.45, 2.75) is 25.9 Å². The fraction of sp³-hybridized carbons (Fsp3) is 0.692. The summed E-state index contributed by atoms with van der Waals surface area (Å²) in [4.78, 5) is 26.0. The van der Waals surface area contributed by atoms with Crippen molar-refractivity contribution in [3.05, 3.63) is 32.6 Å². The smallest absolute Gasteiger partial charge is 0.309 e. The first-order valence-electron chi connectivity index (χ1n) is 6.53. The summed E-state index contributed by atoms with van der Waals surface area (Å²) >= 11 is 0. The van der Waals surface area contributed by atoms with Crippen molar-refractivity contribution in [3.63, 3.8) is 0 Å². The van der Waals surface area contributed by atoms with Crippen LogP contribution in [0.25, 0.3) is 0 Å². The van der Waals surface area contributed by atoms with Gasteiger partial charge in [-0.25, -0.2) is 4.79 Å². The van der Waals surface area contributed by atoms with Crippen LogP contribution >= 0.6 is 0 Å². The lowest BCUT2D eigenvalue weighted by Crippen LogP contribution is -2.57. The lowest BCUT2D eigenvalue weighted by molar-refractivity contribution is 0.147. The molecule has 0 aliphatic carbocycles. The minimum Gasteiger partial charge on any atom is -0.309 e. The second kappa shape index (κ2) is 4.94. The van der Waals surface area contributed by atoms with Gasteiger partial charge in [0.05, 0.1) is 0 Å². The molecule has 1 aromatic heterocycles. The molecule has 0 spiro atoms. The van der Waals surface area contributed by atoms with E-state index in [9.17, 15) is 9.59 Å². The highest BCUT2D eigenvalue weighted by molar-refractivity contribution is 5.06. The Bertz CT molecular complexity index is 585. The number of nitrogens with zero attached hydrogens (tertiary/aromatic N) is 3. The Hall–Kier alpha value is -1.40. The molecular weight excluding hydrogens is 244 g/mol. The average molecular weight is 266 g/mol. The molecule has 0 radical (unpaired) electrons. The van der Waals surface area contributed by atoms with Crippen LogP contribution in [0.1, 0.15) is 19.4 Å². The van der Waals surface area contributed by atoms with Gasteiger partial charge >= 0.3 is 5.69 Å². The summed E-state index contributed by atoms with van der Waals surface area (Å²) in [7, 11) is 3.20. The third kappa shape index (κ3) is 2.96. The first-order chi connectivity index (χ1) is 8.80. The summed E-state index contributed by atoms with van der Waals surface area (Å²) in [6, 6.07) is 0. The summed E-state index contributed by atoms with van der Waals surface area (Å²) in [5.74, 6) is 0. The highest BCUT2D eigenvalue weighted by Gasteiger charge is 2.26. The summed E-state index contributed by atoms with van der Waals surface area (Å²) in [5, 5.41) is 3.44. The highest BCUT2D eigenvalue weighted by atomic mass is 16.2. The van der Waals surface area contributed by atoms with E-state index in [2.05, 4.69) is 24.1 Å². The lowest BCUT2D eigenvalue weighted by atomic mass is 10.0. The first kappa shape index (κ1) is 14.0. The molecule has 1 aliphatic rings. The summed E-state index contributed by atoms with van der Waals surface area (Å²) < 4.78 is 2.63. The fourth-order valence-corrected chi connectivity index (χ4v) is 2.61. The number of rotatable bonds is 2. The lowest BCUT2D eigenvalue weighted by Gasteiger charge is -2.39. The molecule has 106 valence electrons. The van der Waals surface area contributed by atoms with Crippen molar-refractivity contribution >= 4 is 0 Å². The second-order valence-corrected chi connectivity index (χ2v) is 5.93. The van der Waals surface area contributed by atoms with E-state index in [1.807, 2.05) is 0 Å².